The van der Waals surface area contributed by atoms with E-state index in [4.69, 9.17) is 18.9 Å². The van der Waals surface area contributed by atoms with Gasteiger partial charge in [0.05, 0.1) is 49.8 Å². The van der Waals surface area contributed by atoms with Crippen molar-refractivity contribution in [2.24, 2.45) is 4.99 Å². The highest BCUT2D eigenvalue weighted by Crippen LogP contribution is 2.42. The molecule has 0 bridgehead atoms. The molecule has 216 valence electrons. The lowest BCUT2D eigenvalue weighted by Gasteiger charge is -2.28. The standard InChI is InChI=1S/C31H35N3O6S/c1-6-40-30(36)26-19(2)32-31-34(27(26)21-17-23(37-3)28(39-5)24(18-21)38-4)29(35)25(41-31)16-20-10-12-22(13-11-20)33-14-8-7-9-15-33/h10-13,16-18,27H,6-9,14-15H2,1-5H3/b25-16+/t27-/m0/s1. The lowest BCUT2D eigenvalue weighted by molar-refractivity contribution is -0.139. The zero-order valence-electron chi connectivity index (χ0n) is 24.1. The van der Waals surface area contributed by atoms with Gasteiger partial charge in [-0.3, -0.25) is 9.36 Å². The van der Waals surface area contributed by atoms with Crippen molar-refractivity contribution in [2.45, 2.75) is 39.2 Å². The molecule has 1 aromatic heterocycles. The van der Waals surface area contributed by atoms with Crippen LogP contribution in [0.2, 0.25) is 0 Å². The molecule has 0 radical (unpaired) electrons. The summed E-state index contributed by atoms with van der Waals surface area (Å²) in [5.74, 6) is 0.707. The number of piperidine rings is 1. The van der Waals surface area contributed by atoms with Gasteiger partial charge in [0, 0.05) is 18.8 Å². The molecule has 3 heterocycles. The van der Waals surface area contributed by atoms with Crippen molar-refractivity contribution in [1.29, 1.82) is 0 Å². The first-order valence-electron chi connectivity index (χ1n) is 13.7. The van der Waals surface area contributed by atoms with Crippen molar-refractivity contribution >= 4 is 29.1 Å². The highest BCUT2D eigenvalue weighted by Gasteiger charge is 2.34. The average molecular weight is 578 g/mol. The van der Waals surface area contributed by atoms with Crippen molar-refractivity contribution in [3.8, 4) is 17.2 Å². The van der Waals surface area contributed by atoms with E-state index in [2.05, 4.69) is 22.0 Å². The quantitative estimate of drug-likeness (QED) is 0.376. The van der Waals surface area contributed by atoms with Gasteiger partial charge in [-0.15, -0.1) is 0 Å². The molecule has 2 aromatic carbocycles. The fraction of sp³-hybridized carbons (Fsp3) is 0.387. The summed E-state index contributed by atoms with van der Waals surface area (Å²) < 4.78 is 24.1. The summed E-state index contributed by atoms with van der Waals surface area (Å²) in [5, 5.41) is 0. The number of fused-ring (bicyclic) bond motifs is 1. The van der Waals surface area contributed by atoms with Crippen LogP contribution >= 0.6 is 11.3 Å². The molecule has 0 saturated carbocycles. The largest absolute Gasteiger partial charge is 0.493 e. The molecular weight excluding hydrogens is 542 g/mol. The monoisotopic (exact) mass is 577 g/mol. The second kappa shape index (κ2) is 12.2. The molecule has 9 nitrogen and oxygen atoms in total. The fourth-order valence-electron chi connectivity index (χ4n) is 5.45. The molecule has 1 fully saturated rings. The number of ether oxygens (including phenoxy) is 4. The Morgan fingerprint density at radius 1 is 1.02 bits per heavy atom. The minimum Gasteiger partial charge on any atom is -0.493 e. The van der Waals surface area contributed by atoms with Gasteiger partial charge in [0.15, 0.2) is 16.3 Å². The van der Waals surface area contributed by atoms with Crippen LogP contribution < -0.4 is 34.0 Å². The predicted molar refractivity (Wildman–Crippen MR) is 159 cm³/mol. The summed E-state index contributed by atoms with van der Waals surface area (Å²) in [4.78, 5) is 34.8. The van der Waals surface area contributed by atoms with E-state index in [1.807, 2.05) is 18.2 Å². The van der Waals surface area contributed by atoms with Gasteiger partial charge in [0.2, 0.25) is 5.75 Å². The molecule has 2 aliphatic rings. The minimum absolute atomic E-state index is 0.190. The van der Waals surface area contributed by atoms with E-state index in [-0.39, 0.29) is 17.7 Å². The Balaban J connectivity index is 1.64. The van der Waals surface area contributed by atoms with Gasteiger partial charge in [-0.05, 0) is 74.6 Å². The summed E-state index contributed by atoms with van der Waals surface area (Å²) >= 11 is 1.29. The maximum absolute atomic E-state index is 14.0. The molecule has 0 amide bonds. The Morgan fingerprint density at radius 2 is 1.68 bits per heavy atom. The number of rotatable bonds is 8. The number of esters is 1. The first-order valence-corrected chi connectivity index (χ1v) is 14.6. The number of benzene rings is 2. The molecule has 0 aliphatic carbocycles. The van der Waals surface area contributed by atoms with E-state index in [9.17, 15) is 9.59 Å². The first-order chi connectivity index (χ1) is 19.9. The lowest BCUT2D eigenvalue weighted by Crippen LogP contribution is -2.40. The maximum Gasteiger partial charge on any atom is 0.338 e. The molecule has 0 N–H and O–H groups in total. The summed E-state index contributed by atoms with van der Waals surface area (Å²) in [5.41, 5.74) is 3.24. The van der Waals surface area contributed by atoms with E-state index in [1.165, 1.54) is 57.6 Å². The first kappa shape index (κ1) is 28.5. The van der Waals surface area contributed by atoms with Crippen LogP contribution in [0.3, 0.4) is 0 Å². The van der Waals surface area contributed by atoms with Gasteiger partial charge >= 0.3 is 5.97 Å². The zero-order chi connectivity index (χ0) is 29.1. The second-order valence-corrected chi connectivity index (χ2v) is 10.9. The summed E-state index contributed by atoms with van der Waals surface area (Å²) in [6.45, 7) is 5.83. The average Bonchev–Trinajstić information content (AvgIpc) is 3.30. The molecule has 10 heteroatoms. The van der Waals surface area contributed by atoms with Crippen LogP contribution in [0.5, 0.6) is 17.2 Å². The van der Waals surface area contributed by atoms with Gasteiger partial charge in [0.1, 0.15) is 0 Å². The Bertz CT molecular complexity index is 1620. The van der Waals surface area contributed by atoms with Crippen molar-refractivity contribution in [3.05, 3.63) is 78.5 Å². The fourth-order valence-corrected chi connectivity index (χ4v) is 6.50. The summed E-state index contributed by atoms with van der Waals surface area (Å²) in [7, 11) is 4.57. The number of nitrogens with zero attached hydrogens (tertiary/aromatic N) is 3. The molecule has 41 heavy (non-hydrogen) atoms. The van der Waals surface area contributed by atoms with Gasteiger partial charge in [-0.2, -0.15) is 0 Å². The number of carbonyl (C=O) groups excluding carboxylic acids is 1. The number of aromatic nitrogens is 1. The molecule has 3 aromatic rings. The highest BCUT2D eigenvalue weighted by molar-refractivity contribution is 7.07. The van der Waals surface area contributed by atoms with Gasteiger partial charge < -0.3 is 23.8 Å². The molecule has 5 rings (SSSR count). The predicted octanol–water partition coefficient (Wildman–Crippen LogP) is 3.81. The molecule has 0 unspecified atom stereocenters. The number of allylic oxidation sites excluding steroid dienone is 1. The van der Waals surface area contributed by atoms with Crippen LogP contribution in [0.15, 0.2) is 57.5 Å². The number of anilines is 1. The van der Waals surface area contributed by atoms with Crippen LogP contribution in [-0.2, 0) is 9.53 Å². The van der Waals surface area contributed by atoms with Crippen LogP contribution in [0.1, 0.15) is 50.3 Å². The Morgan fingerprint density at radius 3 is 2.27 bits per heavy atom. The van der Waals surface area contributed by atoms with E-state index in [0.717, 1.165) is 18.7 Å². The normalized spacial score (nSPS) is 17.1. The number of thiazole rings is 1. The third-order valence-corrected chi connectivity index (χ3v) is 8.41. The highest BCUT2D eigenvalue weighted by atomic mass is 32.1. The lowest BCUT2D eigenvalue weighted by atomic mass is 9.95. The van der Waals surface area contributed by atoms with Crippen LogP contribution in [-0.4, -0.2) is 51.6 Å². The third-order valence-electron chi connectivity index (χ3n) is 7.43. The van der Waals surface area contributed by atoms with Crippen LogP contribution in [0.25, 0.3) is 6.08 Å². The Labute approximate surface area is 242 Å². The summed E-state index contributed by atoms with van der Waals surface area (Å²) in [6, 6.07) is 11.0. The van der Waals surface area contributed by atoms with E-state index in [0.29, 0.717) is 37.8 Å². The van der Waals surface area contributed by atoms with Crippen LogP contribution in [0.4, 0.5) is 5.69 Å². The smallest absolute Gasteiger partial charge is 0.338 e. The second-order valence-electron chi connectivity index (χ2n) is 9.90. The van der Waals surface area contributed by atoms with Gasteiger partial charge in [-0.1, -0.05) is 23.5 Å². The maximum atomic E-state index is 14.0. The minimum atomic E-state index is -0.803. The van der Waals surface area contributed by atoms with Crippen LogP contribution in [0, 0.1) is 0 Å². The van der Waals surface area contributed by atoms with Crippen molar-refractivity contribution in [2.75, 3.05) is 45.9 Å². The SMILES string of the molecule is CCOC(=O)C1=C(C)N=c2s/c(=C/c3ccc(N4CCCCC4)cc3)c(=O)n2[C@H]1c1cc(OC)c(OC)c(OC)c1. The zero-order valence-corrected chi connectivity index (χ0v) is 24.9. The van der Waals surface area contributed by atoms with E-state index >= 15 is 0 Å². The molecule has 0 spiro atoms. The Kier molecular flexibility index (Phi) is 8.49. The van der Waals surface area contributed by atoms with E-state index < -0.39 is 12.0 Å². The van der Waals surface area contributed by atoms with Gasteiger partial charge in [-0.25, -0.2) is 9.79 Å². The molecular formula is C31H35N3O6S. The number of carbonyl (C=O) groups is 1. The molecule has 1 saturated heterocycles. The third kappa shape index (κ3) is 5.48. The summed E-state index contributed by atoms with van der Waals surface area (Å²) in [6.07, 6.45) is 5.58. The molecule has 2 aliphatic heterocycles. The molecule has 1 atom stereocenters. The van der Waals surface area contributed by atoms with E-state index in [1.54, 1.807) is 30.5 Å². The van der Waals surface area contributed by atoms with Crippen molar-refractivity contribution in [3.63, 3.8) is 0 Å². The number of methoxy groups -OCH3 is 3. The Hall–Kier alpha value is -4.05. The van der Waals surface area contributed by atoms with Gasteiger partial charge in [0.25, 0.3) is 5.56 Å². The topological polar surface area (TPSA) is 91.6 Å². The van der Waals surface area contributed by atoms with Crippen molar-refractivity contribution in [1.82, 2.24) is 4.57 Å². The van der Waals surface area contributed by atoms with Crippen molar-refractivity contribution < 1.29 is 23.7 Å². The number of hydrogen-bond acceptors (Lipinski definition) is 9. The number of hydrogen-bond donors (Lipinski definition) is 0.